The molecule has 0 aliphatic heterocycles. The van der Waals surface area contributed by atoms with Gasteiger partial charge in [-0.1, -0.05) is 52.0 Å². The number of ether oxygens (including phenoxy) is 2. The summed E-state index contributed by atoms with van der Waals surface area (Å²) < 4.78 is 77.2. The van der Waals surface area contributed by atoms with Crippen LogP contribution >= 0.6 is 0 Å². The molecule has 0 aliphatic carbocycles. The van der Waals surface area contributed by atoms with Gasteiger partial charge in [0, 0.05) is 11.4 Å². The highest BCUT2D eigenvalue weighted by atomic mass is 32.2. The van der Waals surface area contributed by atoms with Crippen LogP contribution in [0.25, 0.3) is 12.2 Å². The number of nitrogens with one attached hydrogen (secondary N) is 2. The molecule has 14 heteroatoms. The lowest BCUT2D eigenvalue weighted by Gasteiger charge is -2.11. The Morgan fingerprint density at radius 1 is 0.737 bits per heavy atom. The van der Waals surface area contributed by atoms with E-state index in [0.29, 0.717) is 0 Å². The molecule has 0 unspecified atom stereocenters. The zero-order valence-electron chi connectivity index (χ0n) is 21.2. The fourth-order valence-corrected chi connectivity index (χ4v) is 4.34. The maximum absolute atomic E-state index is 12.0. The Kier molecular flexibility index (Phi) is 10.4. The van der Waals surface area contributed by atoms with Crippen LogP contribution in [0.3, 0.4) is 0 Å². The second-order valence-corrected chi connectivity index (χ2v) is 11.8. The van der Waals surface area contributed by atoms with E-state index in [-0.39, 0.29) is 47.6 Å². The summed E-state index contributed by atoms with van der Waals surface area (Å²) in [6, 6.07) is 7.25. The summed E-state index contributed by atoms with van der Waals surface area (Å²) in [4.78, 5) is 22.6. The number of carbonyl (C=O) groups is 2. The molecule has 0 atom stereocenters. The standard InChI is InChI=1S/C24H30N2O10S2/c1-15(2)13-35-23(27)25-19-9-7-17(21(11-19)37(29,30)31)5-6-18-8-10-20(12-22(18)38(32,33)34)26-24(28)36-14-16(3)4/h5-12,15-16H,13-14H2,1-4H3,(H,25,27)(H,26,28)(H,29,30,31)(H,32,33,34)/b6-5+. The van der Waals surface area contributed by atoms with Gasteiger partial charge in [0.1, 0.15) is 9.79 Å². The molecule has 2 aromatic carbocycles. The highest BCUT2D eigenvalue weighted by molar-refractivity contribution is 7.86. The average Bonchev–Trinajstić information content (AvgIpc) is 2.80. The monoisotopic (exact) mass is 570 g/mol. The fourth-order valence-electron chi connectivity index (χ4n) is 2.92. The van der Waals surface area contributed by atoms with Crippen LogP contribution in [0.1, 0.15) is 38.8 Å². The van der Waals surface area contributed by atoms with Crippen LogP contribution < -0.4 is 10.6 Å². The smallest absolute Gasteiger partial charge is 0.411 e. The number of amides is 2. The third-order valence-corrected chi connectivity index (χ3v) is 6.43. The molecule has 2 rings (SSSR count). The second kappa shape index (κ2) is 12.9. The summed E-state index contributed by atoms with van der Waals surface area (Å²) in [6.07, 6.45) is 0.751. The predicted molar refractivity (Wildman–Crippen MR) is 141 cm³/mol. The van der Waals surface area contributed by atoms with Crippen LogP contribution in [0.15, 0.2) is 46.2 Å². The van der Waals surface area contributed by atoms with E-state index in [1.807, 2.05) is 27.7 Å². The van der Waals surface area contributed by atoms with Crippen LogP contribution in [0.4, 0.5) is 21.0 Å². The molecule has 0 radical (unpaired) electrons. The number of hydrogen-bond acceptors (Lipinski definition) is 8. The third kappa shape index (κ3) is 9.78. The van der Waals surface area contributed by atoms with Crippen molar-refractivity contribution in [2.45, 2.75) is 37.5 Å². The maximum atomic E-state index is 12.0. The molecule has 0 spiro atoms. The molecule has 12 nitrogen and oxygen atoms in total. The van der Waals surface area contributed by atoms with Crippen molar-refractivity contribution in [1.29, 1.82) is 0 Å². The van der Waals surface area contributed by atoms with Crippen molar-refractivity contribution in [3.63, 3.8) is 0 Å². The third-order valence-electron chi connectivity index (χ3n) is 4.61. The van der Waals surface area contributed by atoms with Gasteiger partial charge in [-0.2, -0.15) is 16.8 Å². The molecular formula is C24H30N2O10S2. The summed E-state index contributed by atoms with van der Waals surface area (Å²) in [6.45, 7) is 7.63. The second-order valence-electron chi connectivity index (χ2n) is 9.02. The Morgan fingerprint density at radius 2 is 1.08 bits per heavy atom. The number of anilines is 2. The van der Waals surface area contributed by atoms with E-state index in [1.165, 1.54) is 36.4 Å². The molecular weight excluding hydrogens is 540 g/mol. The van der Waals surface area contributed by atoms with Crippen molar-refractivity contribution >= 4 is 55.9 Å². The van der Waals surface area contributed by atoms with E-state index >= 15 is 0 Å². The van der Waals surface area contributed by atoms with E-state index in [2.05, 4.69) is 10.6 Å². The van der Waals surface area contributed by atoms with Crippen molar-refractivity contribution in [2.24, 2.45) is 11.8 Å². The number of benzene rings is 2. The van der Waals surface area contributed by atoms with Gasteiger partial charge in [0.15, 0.2) is 0 Å². The van der Waals surface area contributed by atoms with Gasteiger partial charge >= 0.3 is 12.2 Å². The first-order chi connectivity index (χ1) is 17.6. The lowest BCUT2D eigenvalue weighted by Crippen LogP contribution is -2.17. The summed E-state index contributed by atoms with van der Waals surface area (Å²) in [5.41, 5.74) is -0.0347. The Labute approximate surface area is 221 Å². The van der Waals surface area contributed by atoms with Gasteiger partial charge in [-0.3, -0.25) is 19.7 Å². The largest absolute Gasteiger partial charge is 0.449 e. The normalized spacial score (nSPS) is 12.1. The molecule has 2 aromatic rings. The van der Waals surface area contributed by atoms with Gasteiger partial charge < -0.3 is 9.47 Å². The van der Waals surface area contributed by atoms with Crippen LogP contribution in [0.2, 0.25) is 0 Å². The first-order valence-electron chi connectivity index (χ1n) is 11.3. The minimum absolute atomic E-state index is 0.0296. The molecule has 0 saturated heterocycles. The van der Waals surface area contributed by atoms with Gasteiger partial charge in [0.2, 0.25) is 0 Å². The first-order valence-corrected chi connectivity index (χ1v) is 14.2. The van der Waals surface area contributed by atoms with Gasteiger partial charge in [0.05, 0.1) is 13.2 Å². The van der Waals surface area contributed by atoms with Crippen LogP contribution in [-0.4, -0.2) is 51.3 Å². The predicted octanol–water partition coefficient (Wildman–Crippen LogP) is 4.76. The lowest BCUT2D eigenvalue weighted by molar-refractivity contribution is 0.147. The molecule has 4 N–H and O–H groups in total. The lowest BCUT2D eigenvalue weighted by atomic mass is 10.1. The summed E-state index contributed by atoms with van der Waals surface area (Å²) >= 11 is 0. The number of rotatable bonds is 10. The van der Waals surface area contributed by atoms with Crippen molar-refractivity contribution < 1.29 is 45.0 Å². The van der Waals surface area contributed by atoms with E-state index in [1.54, 1.807) is 0 Å². The average molecular weight is 571 g/mol. The van der Waals surface area contributed by atoms with E-state index in [0.717, 1.165) is 12.1 Å². The van der Waals surface area contributed by atoms with Crippen LogP contribution in [-0.2, 0) is 29.7 Å². The van der Waals surface area contributed by atoms with E-state index in [4.69, 9.17) is 9.47 Å². The Bertz CT molecular complexity index is 1310. The van der Waals surface area contributed by atoms with Gasteiger partial charge in [-0.25, -0.2) is 9.59 Å². The molecule has 0 aromatic heterocycles. The first kappa shape index (κ1) is 30.8. The molecule has 0 fully saturated rings. The molecule has 0 heterocycles. The van der Waals surface area contributed by atoms with Gasteiger partial charge in [-0.05, 0) is 47.2 Å². The van der Waals surface area contributed by atoms with Crippen LogP contribution in [0, 0.1) is 11.8 Å². The number of carbonyl (C=O) groups excluding carboxylic acids is 2. The van der Waals surface area contributed by atoms with Crippen molar-refractivity contribution in [2.75, 3.05) is 23.8 Å². The SMILES string of the molecule is CC(C)COC(=O)Nc1ccc(/C=C/c2ccc(NC(=O)OCC(C)C)cc2S(=O)(=O)O)c(S(=O)(=O)O)c1. The highest BCUT2D eigenvalue weighted by Gasteiger charge is 2.19. The molecule has 38 heavy (non-hydrogen) atoms. The van der Waals surface area contributed by atoms with Gasteiger partial charge in [-0.15, -0.1) is 0 Å². The summed E-state index contributed by atoms with van der Waals surface area (Å²) in [5, 5.41) is 4.72. The molecule has 2 amide bonds. The quantitative estimate of drug-likeness (QED) is 0.229. The molecule has 208 valence electrons. The van der Waals surface area contributed by atoms with Gasteiger partial charge in [0.25, 0.3) is 20.2 Å². The van der Waals surface area contributed by atoms with Crippen molar-refractivity contribution in [3.8, 4) is 0 Å². The Hall–Kier alpha value is -3.46. The summed E-state index contributed by atoms with van der Waals surface area (Å²) in [7, 11) is -9.53. The minimum Gasteiger partial charge on any atom is -0.449 e. The minimum atomic E-state index is -4.76. The number of hydrogen-bond donors (Lipinski definition) is 4. The van der Waals surface area contributed by atoms with Crippen LogP contribution in [0.5, 0.6) is 0 Å². The molecule has 0 bridgehead atoms. The summed E-state index contributed by atoms with van der Waals surface area (Å²) in [5.74, 6) is 0.163. The fraction of sp³-hybridized carbons (Fsp3) is 0.333. The van der Waals surface area contributed by atoms with E-state index in [9.17, 15) is 35.5 Å². The highest BCUT2D eigenvalue weighted by Crippen LogP contribution is 2.26. The zero-order valence-corrected chi connectivity index (χ0v) is 22.8. The topological polar surface area (TPSA) is 185 Å². The maximum Gasteiger partial charge on any atom is 0.411 e. The van der Waals surface area contributed by atoms with Crippen molar-refractivity contribution in [3.05, 3.63) is 47.5 Å². The molecule has 0 saturated carbocycles. The Balaban J connectivity index is 2.37. The van der Waals surface area contributed by atoms with Crippen molar-refractivity contribution in [1.82, 2.24) is 0 Å². The Morgan fingerprint density at radius 3 is 1.37 bits per heavy atom. The van der Waals surface area contributed by atoms with E-state index < -0.39 is 42.2 Å². The molecule has 0 aliphatic rings. The zero-order chi connectivity index (χ0) is 28.7.